The molecule has 0 aromatic heterocycles. The van der Waals surface area contributed by atoms with E-state index in [-0.39, 0.29) is 0 Å². The number of thioether (sulfide) groups is 1. The zero-order valence-corrected chi connectivity index (χ0v) is 10.4. The molecule has 3 unspecified atom stereocenters. The van der Waals surface area contributed by atoms with E-state index >= 15 is 0 Å². The maximum absolute atomic E-state index is 5.77. The fourth-order valence-corrected chi connectivity index (χ4v) is 2.61. The third-order valence-electron chi connectivity index (χ3n) is 2.81. The molecule has 14 heavy (non-hydrogen) atoms. The summed E-state index contributed by atoms with van der Waals surface area (Å²) in [6.45, 7) is 5.44. The van der Waals surface area contributed by atoms with Crippen LogP contribution < -0.4 is 5.32 Å². The molecule has 1 aliphatic heterocycles. The molecule has 0 spiro atoms. The van der Waals surface area contributed by atoms with Crippen LogP contribution in [0.25, 0.3) is 0 Å². The van der Waals surface area contributed by atoms with Crippen LogP contribution in [0.15, 0.2) is 0 Å². The van der Waals surface area contributed by atoms with Crippen molar-refractivity contribution in [1.82, 2.24) is 5.32 Å². The SMILES string of the molecule is CCC(CSC)NCC1CCC(C)O1. The summed E-state index contributed by atoms with van der Waals surface area (Å²) < 4.78 is 5.77. The molecule has 0 aliphatic carbocycles. The van der Waals surface area contributed by atoms with E-state index in [1.165, 1.54) is 25.0 Å². The summed E-state index contributed by atoms with van der Waals surface area (Å²) in [7, 11) is 0. The topological polar surface area (TPSA) is 21.3 Å². The van der Waals surface area contributed by atoms with Gasteiger partial charge in [-0.25, -0.2) is 0 Å². The smallest absolute Gasteiger partial charge is 0.0704 e. The van der Waals surface area contributed by atoms with E-state index in [4.69, 9.17) is 4.74 Å². The van der Waals surface area contributed by atoms with Crippen molar-refractivity contribution in [1.29, 1.82) is 0 Å². The first kappa shape index (κ1) is 12.3. The van der Waals surface area contributed by atoms with Gasteiger partial charge in [0.15, 0.2) is 0 Å². The number of hydrogen-bond acceptors (Lipinski definition) is 3. The Morgan fingerprint density at radius 1 is 1.50 bits per heavy atom. The van der Waals surface area contributed by atoms with Gasteiger partial charge in [-0.05, 0) is 32.4 Å². The molecule has 3 atom stereocenters. The minimum atomic E-state index is 0.459. The molecule has 0 radical (unpaired) electrons. The summed E-state index contributed by atoms with van der Waals surface area (Å²) in [5.74, 6) is 1.21. The second kappa shape index (κ2) is 6.70. The van der Waals surface area contributed by atoms with Gasteiger partial charge in [0.2, 0.25) is 0 Å². The van der Waals surface area contributed by atoms with E-state index in [9.17, 15) is 0 Å². The Balaban J connectivity index is 2.12. The maximum atomic E-state index is 5.77. The van der Waals surface area contributed by atoms with Crippen molar-refractivity contribution in [3.8, 4) is 0 Å². The molecule has 2 nitrogen and oxygen atoms in total. The van der Waals surface area contributed by atoms with E-state index in [0.29, 0.717) is 18.2 Å². The molecular weight excluding hydrogens is 194 g/mol. The summed E-state index contributed by atoms with van der Waals surface area (Å²) >= 11 is 1.91. The molecule has 1 saturated heterocycles. The minimum Gasteiger partial charge on any atom is -0.374 e. The maximum Gasteiger partial charge on any atom is 0.0704 e. The highest BCUT2D eigenvalue weighted by Crippen LogP contribution is 2.18. The Kier molecular flexibility index (Phi) is 5.90. The van der Waals surface area contributed by atoms with E-state index in [2.05, 4.69) is 25.4 Å². The Morgan fingerprint density at radius 3 is 2.79 bits per heavy atom. The zero-order chi connectivity index (χ0) is 10.4. The predicted octanol–water partition coefficient (Wildman–Crippen LogP) is 2.29. The Hall–Kier alpha value is 0.270. The molecule has 0 aromatic carbocycles. The molecule has 0 bridgehead atoms. The van der Waals surface area contributed by atoms with Gasteiger partial charge in [-0.15, -0.1) is 0 Å². The van der Waals surface area contributed by atoms with Crippen LogP contribution >= 0.6 is 11.8 Å². The van der Waals surface area contributed by atoms with Crippen molar-refractivity contribution >= 4 is 11.8 Å². The number of rotatable bonds is 6. The van der Waals surface area contributed by atoms with Gasteiger partial charge in [0.05, 0.1) is 12.2 Å². The van der Waals surface area contributed by atoms with Gasteiger partial charge in [-0.1, -0.05) is 6.92 Å². The van der Waals surface area contributed by atoms with E-state index in [1.54, 1.807) is 0 Å². The minimum absolute atomic E-state index is 0.459. The molecule has 1 heterocycles. The van der Waals surface area contributed by atoms with Crippen molar-refractivity contribution in [2.75, 3.05) is 18.6 Å². The van der Waals surface area contributed by atoms with E-state index < -0.39 is 0 Å². The lowest BCUT2D eigenvalue weighted by molar-refractivity contribution is 0.0547. The Labute approximate surface area is 92.2 Å². The number of nitrogens with one attached hydrogen (secondary N) is 1. The summed E-state index contributed by atoms with van der Waals surface area (Å²) in [6.07, 6.45) is 6.76. The lowest BCUT2D eigenvalue weighted by atomic mass is 10.2. The van der Waals surface area contributed by atoms with Gasteiger partial charge in [-0.2, -0.15) is 11.8 Å². The van der Waals surface area contributed by atoms with Crippen LogP contribution in [0.3, 0.4) is 0 Å². The first-order valence-electron chi connectivity index (χ1n) is 5.64. The van der Waals surface area contributed by atoms with Gasteiger partial charge < -0.3 is 10.1 Å². The highest BCUT2D eigenvalue weighted by atomic mass is 32.2. The molecule has 0 aromatic rings. The molecule has 1 N–H and O–H groups in total. The van der Waals surface area contributed by atoms with E-state index in [0.717, 1.165) is 6.54 Å². The van der Waals surface area contributed by atoms with Crippen LogP contribution in [0.5, 0.6) is 0 Å². The Morgan fingerprint density at radius 2 is 2.29 bits per heavy atom. The second-order valence-corrected chi connectivity index (χ2v) is 5.03. The van der Waals surface area contributed by atoms with Crippen LogP contribution in [-0.2, 0) is 4.74 Å². The monoisotopic (exact) mass is 217 g/mol. The highest BCUT2D eigenvalue weighted by molar-refractivity contribution is 7.98. The standard InChI is InChI=1S/C11H23NOS/c1-4-10(8-14-3)12-7-11-6-5-9(2)13-11/h9-12H,4-8H2,1-3H3. The zero-order valence-electron chi connectivity index (χ0n) is 9.58. The largest absolute Gasteiger partial charge is 0.374 e. The lowest BCUT2D eigenvalue weighted by Gasteiger charge is -2.18. The van der Waals surface area contributed by atoms with E-state index in [1.807, 2.05) is 11.8 Å². The second-order valence-electron chi connectivity index (χ2n) is 4.11. The first-order valence-corrected chi connectivity index (χ1v) is 7.03. The lowest BCUT2D eigenvalue weighted by Crippen LogP contribution is -2.36. The molecule has 0 amide bonds. The van der Waals surface area contributed by atoms with Gasteiger partial charge in [-0.3, -0.25) is 0 Å². The molecule has 0 saturated carbocycles. The van der Waals surface area contributed by atoms with Gasteiger partial charge in [0.1, 0.15) is 0 Å². The number of hydrogen-bond donors (Lipinski definition) is 1. The quantitative estimate of drug-likeness (QED) is 0.737. The average Bonchev–Trinajstić information content (AvgIpc) is 2.59. The summed E-state index contributed by atoms with van der Waals surface area (Å²) in [5, 5.41) is 3.59. The van der Waals surface area contributed by atoms with Crippen molar-refractivity contribution in [2.24, 2.45) is 0 Å². The summed E-state index contributed by atoms with van der Waals surface area (Å²) in [5.41, 5.74) is 0. The van der Waals surface area contributed by atoms with Crippen LogP contribution in [0.2, 0.25) is 0 Å². The Bertz CT molecular complexity index is 150. The van der Waals surface area contributed by atoms with Crippen molar-refractivity contribution in [3.05, 3.63) is 0 Å². The number of ether oxygens (including phenoxy) is 1. The van der Waals surface area contributed by atoms with Crippen molar-refractivity contribution in [2.45, 2.75) is 51.4 Å². The van der Waals surface area contributed by atoms with Crippen LogP contribution in [-0.4, -0.2) is 36.8 Å². The van der Waals surface area contributed by atoms with Crippen LogP contribution in [0.4, 0.5) is 0 Å². The molecule has 84 valence electrons. The molecule has 1 aliphatic rings. The van der Waals surface area contributed by atoms with Gasteiger partial charge >= 0.3 is 0 Å². The van der Waals surface area contributed by atoms with Crippen LogP contribution in [0.1, 0.15) is 33.1 Å². The van der Waals surface area contributed by atoms with Gasteiger partial charge in [0.25, 0.3) is 0 Å². The molecule has 3 heteroatoms. The normalized spacial score (nSPS) is 29.4. The predicted molar refractivity (Wildman–Crippen MR) is 64.0 cm³/mol. The van der Waals surface area contributed by atoms with Crippen molar-refractivity contribution < 1.29 is 4.74 Å². The third-order valence-corrected chi connectivity index (χ3v) is 3.55. The fourth-order valence-electron chi connectivity index (χ4n) is 1.86. The highest BCUT2D eigenvalue weighted by Gasteiger charge is 2.21. The first-order chi connectivity index (χ1) is 6.76. The summed E-state index contributed by atoms with van der Waals surface area (Å²) in [6, 6.07) is 0.657. The fraction of sp³-hybridized carbons (Fsp3) is 1.00. The van der Waals surface area contributed by atoms with Crippen molar-refractivity contribution in [3.63, 3.8) is 0 Å². The third kappa shape index (κ3) is 4.20. The average molecular weight is 217 g/mol. The molecular formula is C11H23NOS. The van der Waals surface area contributed by atoms with Crippen LogP contribution in [0, 0.1) is 0 Å². The molecule has 1 fully saturated rings. The molecule has 1 rings (SSSR count). The summed E-state index contributed by atoms with van der Waals surface area (Å²) in [4.78, 5) is 0. The van der Waals surface area contributed by atoms with Gasteiger partial charge in [0, 0.05) is 18.3 Å².